The van der Waals surface area contributed by atoms with Gasteiger partial charge in [0, 0.05) is 12.6 Å². The first kappa shape index (κ1) is 14.7. The number of carbonyl (C=O) groups is 1. The van der Waals surface area contributed by atoms with E-state index in [9.17, 15) is 20.1 Å². The van der Waals surface area contributed by atoms with E-state index >= 15 is 0 Å². The van der Waals surface area contributed by atoms with Crippen LogP contribution in [0.5, 0.6) is 17.2 Å². The van der Waals surface area contributed by atoms with Crippen molar-refractivity contribution in [3.63, 3.8) is 0 Å². The third-order valence-electron chi connectivity index (χ3n) is 3.50. The van der Waals surface area contributed by atoms with Gasteiger partial charge in [0.1, 0.15) is 5.75 Å². The molecule has 110 valence electrons. The Morgan fingerprint density at radius 3 is 2.19 bits per heavy atom. The van der Waals surface area contributed by atoms with Gasteiger partial charge in [-0.1, -0.05) is 12.1 Å². The Morgan fingerprint density at radius 2 is 1.62 bits per heavy atom. The largest absolute Gasteiger partial charge is 0.508 e. The summed E-state index contributed by atoms with van der Waals surface area (Å²) in [4.78, 5) is 13.9. The molecule has 0 heterocycles. The van der Waals surface area contributed by atoms with Gasteiger partial charge in [0.05, 0.1) is 6.04 Å². The van der Waals surface area contributed by atoms with E-state index in [1.54, 1.807) is 31.3 Å². The molecule has 5 nitrogen and oxygen atoms in total. The summed E-state index contributed by atoms with van der Waals surface area (Å²) in [6.07, 6.45) is 0. The molecule has 2 aromatic rings. The summed E-state index contributed by atoms with van der Waals surface area (Å²) in [6, 6.07) is 10.4. The quantitative estimate of drug-likeness (QED) is 0.758. The molecule has 0 aliphatic carbocycles. The Bertz CT molecular complexity index is 652. The Labute approximate surface area is 122 Å². The summed E-state index contributed by atoms with van der Waals surface area (Å²) in [5.41, 5.74) is 1.17. The molecule has 0 spiro atoms. The van der Waals surface area contributed by atoms with Gasteiger partial charge in [-0.05, 0) is 42.8 Å². The minimum atomic E-state index is -0.327. The summed E-state index contributed by atoms with van der Waals surface area (Å²) in [6.45, 7) is 1.87. The van der Waals surface area contributed by atoms with Gasteiger partial charge < -0.3 is 20.2 Å². The standard InChI is InChI=1S/C16H17NO4/c1-10(11-3-6-13(18)7-4-11)17(2)16(21)12-5-8-14(19)15(20)9-12/h3-10,18-20H,1-2H3. The van der Waals surface area contributed by atoms with Crippen LogP contribution in [0, 0.1) is 0 Å². The SMILES string of the molecule is CC(c1ccc(O)cc1)N(C)C(=O)c1ccc(O)c(O)c1. The number of phenols is 3. The minimum absolute atomic E-state index is 0.170. The number of hydrogen-bond acceptors (Lipinski definition) is 4. The molecular formula is C16H17NO4. The number of aromatic hydroxyl groups is 3. The maximum absolute atomic E-state index is 12.4. The van der Waals surface area contributed by atoms with Gasteiger partial charge in [-0.15, -0.1) is 0 Å². The number of carbonyl (C=O) groups excluding carboxylic acids is 1. The average Bonchev–Trinajstić information content (AvgIpc) is 2.48. The lowest BCUT2D eigenvalue weighted by Crippen LogP contribution is -2.29. The summed E-state index contributed by atoms with van der Waals surface area (Å²) in [5.74, 6) is -0.693. The Hall–Kier alpha value is -2.69. The molecule has 0 aliphatic rings. The summed E-state index contributed by atoms with van der Waals surface area (Å²) < 4.78 is 0. The zero-order valence-electron chi connectivity index (χ0n) is 11.8. The second-order valence-electron chi connectivity index (χ2n) is 4.89. The minimum Gasteiger partial charge on any atom is -0.508 e. The molecule has 3 N–H and O–H groups in total. The van der Waals surface area contributed by atoms with E-state index in [1.807, 2.05) is 6.92 Å². The van der Waals surface area contributed by atoms with E-state index in [0.29, 0.717) is 5.56 Å². The molecule has 5 heteroatoms. The van der Waals surface area contributed by atoms with Crippen LogP contribution >= 0.6 is 0 Å². The van der Waals surface area contributed by atoms with Gasteiger partial charge in [-0.25, -0.2) is 0 Å². The summed E-state index contributed by atoms with van der Waals surface area (Å²) >= 11 is 0. The van der Waals surface area contributed by atoms with E-state index in [0.717, 1.165) is 5.56 Å². The van der Waals surface area contributed by atoms with E-state index in [4.69, 9.17) is 0 Å². The van der Waals surface area contributed by atoms with Gasteiger partial charge in [0.15, 0.2) is 11.5 Å². The van der Waals surface area contributed by atoms with E-state index < -0.39 is 0 Å². The third kappa shape index (κ3) is 3.08. The number of rotatable bonds is 3. The molecule has 21 heavy (non-hydrogen) atoms. The van der Waals surface area contributed by atoms with Crippen LogP contribution in [0.3, 0.4) is 0 Å². The van der Waals surface area contributed by atoms with Crippen molar-refractivity contribution in [2.45, 2.75) is 13.0 Å². The van der Waals surface area contributed by atoms with Crippen LogP contribution < -0.4 is 0 Å². The molecule has 0 radical (unpaired) electrons. The molecule has 0 bridgehead atoms. The lowest BCUT2D eigenvalue weighted by Gasteiger charge is -2.25. The van der Waals surface area contributed by atoms with Crippen molar-refractivity contribution in [2.24, 2.45) is 0 Å². The highest BCUT2D eigenvalue weighted by Crippen LogP contribution is 2.27. The van der Waals surface area contributed by atoms with E-state index in [2.05, 4.69) is 0 Å². The highest BCUT2D eigenvalue weighted by atomic mass is 16.3. The normalized spacial score (nSPS) is 11.9. The van der Waals surface area contributed by atoms with Crippen molar-refractivity contribution in [1.29, 1.82) is 0 Å². The zero-order chi connectivity index (χ0) is 15.6. The molecule has 0 aliphatic heterocycles. The highest BCUT2D eigenvalue weighted by molar-refractivity contribution is 5.95. The Kier molecular flexibility index (Phi) is 4.03. The Morgan fingerprint density at radius 1 is 1.00 bits per heavy atom. The van der Waals surface area contributed by atoms with Crippen LogP contribution in [0.2, 0.25) is 0 Å². The highest BCUT2D eigenvalue weighted by Gasteiger charge is 2.19. The Balaban J connectivity index is 2.21. The van der Waals surface area contributed by atoms with E-state index in [1.165, 1.54) is 23.1 Å². The van der Waals surface area contributed by atoms with Crippen LogP contribution in [0.1, 0.15) is 28.9 Å². The van der Waals surface area contributed by atoms with Crippen molar-refractivity contribution in [2.75, 3.05) is 7.05 Å². The summed E-state index contributed by atoms with van der Waals surface area (Å²) in [7, 11) is 1.66. The smallest absolute Gasteiger partial charge is 0.254 e. The molecule has 0 fully saturated rings. The first-order chi connectivity index (χ1) is 9.90. The lowest BCUT2D eigenvalue weighted by molar-refractivity contribution is 0.0742. The predicted molar refractivity (Wildman–Crippen MR) is 78.4 cm³/mol. The number of hydrogen-bond donors (Lipinski definition) is 3. The first-order valence-corrected chi connectivity index (χ1v) is 6.48. The number of benzene rings is 2. The molecule has 1 atom stereocenters. The molecule has 2 aromatic carbocycles. The monoisotopic (exact) mass is 287 g/mol. The van der Waals surface area contributed by atoms with Gasteiger partial charge >= 0.3 is 0 Å². The van der Waals surface area contributed by atoms with Crippen LogP contribution in [0.25, 0.3) is 0 Å². The molecule has 0 saturated heterocycles. The van der Waals surface area contributed by atoms with Crippen molar-refractivity contribution >= 4 is 5.91 Å². The molecule has 0 saturated carbocycles. The molecule has 0 aromatic heterocycles. The second-order valence-corrected chi connectivity index (χ2v) is 4.89. The molecule has 2 rings (SSSR count). The van der Waals surface area contributed by atoms with Gasteiger partial charge in [0.25, 0.3) is 5.91 Å². The maximum atomic E-state index is 12.4. The second kappa shape index (κ2) is 5.75. The fraction of sp³-hybridized carbons (Fsp3) is 0.188. The number of amides is 1. The molecule has 1 unspecified atom stereocenters. The number of phenolic OH excluding ortho intramolecular Hbond substituents is 3. The third-order valence-corrected chi connectivity index (χ3v) is 3.50. The number of nitrogens with zero attached hydrogens (tertiary/aromatic N) is 1. The van der Waals surface area contributed by atoms with Crippen molar-refractivity contribution < 1.29 is 20.1 Å². The van der Waals surface area contributed by atoms with Gasteiger partial charge in [-0.2, -0.15) is 0 Å². The van der Waals surface area contributed by atoms with Crippen LogP contribution in [-0.4, -0.2) is 33.2 Å². The molecule has 1 amide bonds. The fourth-order valence-electron chi connectivity index (χ4n) is 2.01. The van der Waals surface area contributed by atoms with Crippen LogP contribution in [0.4, 0.5) is 0 Å². The van der Waals surface area contributed by atoms with E-state index in [-0.39, 0.29) is 29.2 Å². The summed E-state index contributed by atoms with van der Waals surface area (Å²) in [5, 5.41) is 28.0. The van der Waals surface area contributed by atoms with Crippen LogP contribution in [0.15, 0.2) is 42.5 Å². The van der Waals surface area contributed by atoms with Crippen molar-refractivity contribution in [3.05, 3.63) is 53.6 Å². The van der Waals surface area contributed by atoms with Gasteiger partial charge in [-0.3, -0.25) is 4.79 Å². The lowest BCUT2D eigenvalue weighted by atomic mass is 10.1. The average molecular weight is 287 g/mol. The van der Waals surface area contributed by atoms with Gasteiger partial charge in [0.2, 0.25) is 0 Å². The first-order valence-electron chi connectivity index (χ1n) is 6.48. The van der Waals surface area contributed by atoms with Crippen molar-refractivity contribution in [1.82, 2.24) is 4.90 Å². The topological polar surface area (TPSA) is 81.0 Å². The van der Waals surface area contributed by atoms with Crippen LogP contribution in [-0.2, 0) is 0 Å². The maximum Gasteiger partial charge on any atom is 0.254 e. The zero-order valence-corrected chi connectivity index (χ0v) is 11.8. The molecular weight excluding hydrogens is 270 g/mol. The fourth-order valence-corrected chi connectivity index (χ4v) is 2.01. The van der Waals surface area contributed by atoms with Crippen molar-refractivity contribution in [3.8, 4) is 17.2 Å². The predicted octanol–water partition coefficient (Wildman–Crippen LogP) is 2.64.